The van der Waals surface area contributed by atoms with Crippen LogP contribution in [-0.2, 0) is 0 Å². The first kappa shape index (κ1) is 12.1. The Bertz CT molecular complexity index is 492. The van der Waals surface area contributed by atoms with Gasteiger partial charge in [0.05, 0.1) is 11.6 Å². The average molecular weight is 250 g/mol. The van der Waals surface area contributed by atoms with Crippen LogP contribution in [0, 0.1) is 0 Å². The maximum absolute atomic E-state index is 5.69. The summed E-state index contributed by atoms with van der Waals surface area (Å²) in [6.07, 6.45) is 5.03. The predicted molar refractivity (Wildman–Crippen MR) is 71.3 cm³/mol. The molecule has 0 aliphatic carbocycles. The number of benzene rings is 1. The van der Waals surface area contributed by atoms with Crippen LogP contribution in [0.25, 0.3) is 11.0 Å². The number of hydrogen-bond donors (Lipinski definition) is 0. The van der Waals surface area contributed by atoms with E-state index in [1.807, 2.05) is 35.0 Å². The summed E-state index contributed by atoms with van der Waals surface area (Å²) in [7, 11) is 0. The molecule has 1 aromatic heterocycles. The van der Waals surface area contributed by atoms with Gasteiger partial charge in [-0.3, -0.25) is 0 Å². The van der Waals surface area contributed by atoms with Crippen LogP contribution in [0.2, 0.25) is 0 Å². The highest BCUT2D eigenvalue weighted by molar-refractivity contribution is 6.17. The number of allylic oxidation sites excluding steroid dienone is 1. The molecule has 0 aliphatic heterocycles. The van der Waals surface area contributed by atoms with E-state index in [-0.39, 0.29) is 6.04 Å². The summed E-state index contributed by atoms with van der Waals surface area (Å²) in [6.45, 7) is 3.88. The Hall–Kier alpha value is -1.35. The summed E-state index contributed by atoms with van der Waals surface area (Å²) < 4.78 is 1.94. The topological polar surface area (TPSA) is 30.7 Å². The molecule has 2 rings (SSSR count). The summed E-state index contributed by atoms with van der Waals surface area (Å²) in [5, 5.41) is 8.36. The highest BCUT2D eigenvalue weighted by Crippen LogP contribution is 2.20. The highest BCUT2D eigenvalue weighted by atomic mass is 35.5. The molecule has 17 heavy (non-hydrogen) atoms. The molecular weight excluding hydrogens is 234 g/mol. The normalized spacial score (nSPS) is 12.8. The van der Waals surface area contributed by atoms with Crippen molar-refractivity contribution >= 4 is 22.6 Å². The molecule has 0 saturated carbocycles. The van der Waals surface area contributed by atoms with Crippen LogP contribution in [0.15, 0.2) is 36.9 Å². The van der Waals surface area contributed by atoms with Gasteiger partial charge in [-0.1, -0.05) is 23.4 Å². The Morgan fingerprint density at radius 3 is 2.94 bits per heavy atom. The lowest BCUT2D eigenvalue weighted by Gasteiger charge is -2.12. The maximum atomic E-state index is 5.69. The summed E-state index contributed by atoms with van der Waals surface area (Å²) in [5.41, 5.74) is 1.99. The van der Waals surface area contributed by atoms with Crippen LogP contribution in [-0.4, -0.2) is 20.9 Å². The SMILES string of the molecule is C=CC(CCCCCl)n1nnc2ccccc21. The van der Waals surface area contributed by atoms with E-state index < -0.39 is 0 Å². The first-order chi connectivity index (χ1) is 8.36. The van der Waals surface area contributed by atoms with Crippen molar-refractivity contribution in [2.45, 2.75) is 25.3 Å². The fourth-order valence-electron chi connectivity index (χ4n) is 1.92. The number of nitrogens with zero attached hydrogens (tertiary/aromatic N) is 3. The van der Waals surface area contributed by atoms with Crippen LogP contribution >= 0.6 is 11.6 Å². The van der Waals surface area contributed by atoms with Gasteiger partial charge in [0, 0.05) is 5.88 Å². The van der Waals surface area contributed by atoms with Gasteiger partial charge in [-0.25, -0.2) is 4.68 Å². The van der Waals surface area contributed by atoms with Gasteiger partial charge in [0.25, 0.3) is 0 Å². The third kappa shape index (κ3) is 2.67. The van der Waals surface area contributed by atoms with Gasteiger partial charge in [-0.05, 0) is 31.4 Å². The number of para-hydroxylation sites is 1. The molecule has 0 amide bonds. The fourth-order valence-corrected chi connectivity index (χ4v) is 2.11. The summed E-state index contributed by atoms with van der Waals surface area (Å²) >= 11 is 5.69. The minimum absolute atomic E-state index is 0.200. The molecule has 0 saturated heterocycles. The molecule has 1 atom stereocenters. The molecule has 0 radical (unpaired) electrons. The highest BCUT2D eigenvalue weighted by Gasteiger charge is 2.11. The Morgan fingerprint density at radius 2 is 2.18 bits per heavy atom. The second-order valence-electron chi connectivity index (χ2n) is 4.01. The molecule has 2 aromatic rings. The van der Waals surface area contributed by atoms with E-state index in [2.05, 4.69) is 16.9 Å². The predicted octanol–water partition coefficient (Wildman–Crippen LogP) is 3.57. The average Bonchev–Trinajstić information content (AvgIpc) is 2.79. The Morgan fingerprint density at radius 1 is 1.35 bits per heavy atom. The molecule has 0 bridgehead atoms. The van der Waals surface area contributed by atoms with Crippen molar-refractivity contribution in [3.05, 3.63) is 36.9 Å². The van der Waals surface area contributed by atoms with E-state index in [0.717, 1.165) is 30.3 Å². The molecule has 0 fully saturated rings. The number of halogens is 1. The number of fused-ring (bicyclic) bond motifs is 1. The lowest BCUT2D eigenvalue weighted by molar-refractivity contribution is 0.486. The lowest BCUT2D eigenvalue weighted by atomic mass is 10.1. The molecule has 0 N–H and O–H groups in total. The van der Waals surface area contributed by atoms with Crippen LogP contribution in [0.4, 0.5) is 0 Å². The van der Waals surface area contributed by atoms with E-state index in [1.165, 1.54) is 0 Å². The zero-order valence-electron chi connectivity index (χ0n) is 9.72. The molecule has 0 aliphatic rings. The molecule has 1 unspecified atom stereocenters. The van der Waals surface area contributed by atoms with Crippen LogP contribution in [0.3, 0.4) is 0 Å². The van der Waals surface area contributed by atoms with Crippen molar-refractivity contribution in [3.8, 4) is 0 Å². The monoisotopic (exact) mass is 249 g/mol. The third-order valence-electron chi connectivity index (χ3n) is 2.85. The van der Waals surface area contributed by atoms with E-state index in [0.29, 0.717) is 5.88 Å². The van der Waals surface area contributed by atoms with E-state index in [1.54, 1.807) is 0 Å². The van der Waals surface area contributed by atoms with Gasteiger partial charge in [-0.15, -0.1) is 23.3 Å². The number of rotatable bonds is 6. The molecule has 4 heteroatoms. The smallest absolute Gasteiger partial charge is 0.113 e. The van der Waals surface area contributed by atoms with Crippen LogP contribution in [0.1, 0.15) is 25.3 Å². The van der Waals surface area contributed by atoms with Crippen molar-refractivity contribution in [1.29, 1.82) is 0 Å². The zero-order chi connectivity index (χ0) is 12.1. The lowest BCUT2D eigenvalue weighted by Crippen LogP contribution is -2.08. The molecule has 90 valence electrons. The Labute approximate surface area is 106 Å². The largest absolute Gasteiger partial charge is 0.238 e. The summed E-state index contributed by atoms with van der Waals surface area (Å²) in [6, 6.07) is 8.18. The number of hydrogen-bond acceptors (Lipinski definition) is 2. The maximum Gasteiger partial charge on any atom is 0.113 e. The first-order valence-corrected chi connectivity index (χ1v) is 6.38. The quantitative estimate of drug-likeness (QED) is 0.445. The van der Waals surface area contributed by atoms with Gasteiger partial charge in [0.15, 0.2) is 0 Å². The molecule has 0 spiro atoms. The minimum atomic E-state index is 0.200. The van der Waals surface area contributed by atoms with Crippen molar-refractivity contribution < 1.29 is 0 Å². The standard InChI is InChI=1S/C13H16ClN3/c1-2-11(7-5-6-10-14)17-13-9-4-3-8-12(13)15-16-17/h2-4,8-9,11H,1,5-7,10H2. The minimum Gasteiger partial charge on any atom is -0.238 e. The summed E-state index contributed by atoms with van der Waals surface area (Å²) in [5.74, 6) is 0.710. The Balaban J connectivity index is 2.21. The zero-order valence-corrected chi connectivity index (χ0v) is 10.5. The second-order valence-corrected chi connectivity index (χ2v) is 4.39. The van der Waals surface area contributed by atoms with Crippen molar-refractivity contribution in [2.75, 3.05) is 5.88 Å². The molecule has 1 aromatic carbocycles. The van der Waals surface area contributed by atoms with Gasteiger partial charge >= 0.3 is 0 Å². The second kappa shape index (κ2) is 5.82. The number of unbranched alkanes of at least 4 members (excludes halogenated alkanes) is 1. The van der Waals surface area contributed by atoms with Gasteiger partial charge in [0.2, 0.25) is 0 Å². The van der Waals surface area contributed by atoms with Gasteiger partial charge in [0.1, 0.15) is 5.52 Å². The van der Waals surface area contributed by atoms with E-state index in [4.69, 9.17) is 11.6 Å². The van der Waals surface area contributed by atoms with Crippen LogP contribution < -0.4 is 0 Å². The number of alkyl halides is 1. The van der Waals surface area contributed by atoms with Crippen LogP contribution in [0.5, 0.6) is 0 Å². The molecule has 3 nitrogen and oxygen atoms in total. The first-order valence-electron chi connectivity index (χ1n) is 5.85. The van der Waals surface area contributed by atoms with E-state index >= 15 is 0 Å². The van der Waals surface area contributed by atoms with Crippen molar-refractivity contribution in [1.82, 2.24) is 15.0 Å². The third-order valence-corrected chi connectivity index (χ3v) is 3.11. The van der Waals surface area contributed by atoms with Gasteiger partial charge < -0.3 is 0 Å². The van der Waals surface area contributed by atoms with Crippen molar-refractivity contribution in [2.24, 2.45) is 0 Å². The number of aromatic nitrogens is 3. The van der Waals surface area contributed by atoms with Crippen molar-refractivity contribution in [3.63, 3.8) is 0 Å². The Kier molecular flexibility index (Phi) is 4.15. The van der Waals surface area contributed by atoms with Gasteiger partial charge in [-0.2, -0.15) is 0 Å². The summed E-state index contributed by atoms with van der Waals surface area (Å²) in [4.78, 5) is 0. The van der Waals surface area contributed by atoms with E-state index in [9.17, 15) is 0 Å². The molecule has 1 heterocycles. The fraction of sp³-hybridized carbons (Fsp3) is 0.385. The molecular formula is C13H16ClN3.